The van der Waals surface area contributed by atoms with Gasteiger partial charge in [0, 0.05) is 26.2 Å². The molecule has 1 aliphatic heterocycles. The Morgan fingerprint density at radius 1 is 1.37 bits per heavy atom. The Bertz CT molecular complexity index is 269. The number of nitrogens with one attached hydrogen (secondary N) is 1. The molecule has 4 nitrogen and oxygen atoms in total. The predicted octanol–water partition coefficient (Wildman–Crippen LogP) is 1.34. The van der Waals surface area contributed by atoms with Gasteiger partial charge in [0.15, 0.2) is 0 Å². The van der Waals surface area contributed by atoms with Crippen LogP contribution in [0.4, 0.5) is 0 Å². The van der Waals surface area contributed by atoms with Crippen LogP contribution >= 0.6 is 0 Å². The third-order valence-corrected chi connectivity index (χ3v) is 3.94. The maximum atomic E-state index is 11.9. The first-order chi connectivity index (χ1) is 9.21. The first-order valence-corrected chi connectivity index (χ1v) is 7.52. The lowest BCUT2D eigenvalue weighted by molar-refractivity contribution is -0.131. The van der Waals surface area contributed by atoms with Gasteiger partial charge in [-0.2, -0.15) is 0 Å². The van der Waals surface area contributed by atoms with Crippen LogP contribution in [0.3, 0.4) is 0 Å². The minimum Gasteiger partial charge on any atom is -0.342 e. The molecule has 1 heterocycles. The van der Waals surface area contributed by atoms with Crippen molar-refractivity contribution in [1.82, 2.24) is 15.1 Å². The molecule has 0 aliphatic carbocycles. The van der Waals surface area contributed by atoms with E-state index in [0.717, 1.165) is 44.9 Å². The average molecular weight is 267 g/mol. The molecule has 19 heavy (non-hydrogen) atoms. The Balaban J connectivity index is 2.24. The largest absolute Gasteiger partial charge is 0.342 e. The Hall–Kier alpha value is -0.870. The molecule has 0 spiro atoms. The van der Waals surface area contributed by atoms with Gasteiger partial charge in [-0.05, 0) is 31.8 Å². The van der Waals surface area contributed by atoms with E-state index >= 15 is 0 Å². The highest BCUT2D eigenvalue weighted by Gasteiger charge is 2.23. The lowest BCUT2D eigenvalue weighted by atomic mass is 9.96. The van der Waals surface area contributed by atoms with Crippen molar-refractivity contribution in [3.63, 3.8) is 0 Å². The summed E-state index contributed by atoms with van der Waals surface area (Å²) in [5, 5.41) is 3.08. The number of carbonyl (C=O) groups excluding carboxylic acids is 1. The van der Waals surface area contributed by atoms with E-state index in [9.17, 15) is 4.79 Å². The van der Waals surface area contributed by atoms with Gasteiger partial charge >= 0.3 is 0 Å². The molecular weight excluding hydrogens is 238 g/mol. The molecular formula is C15H29N3O. The second-order valence-corrected chi connectivity index (χ2v) is 5.23. The van der Waals surface area contributed by atoms with E-state index in [1.807, 2.05) is 4.90 Å². The maximum absolute atomic E-state index is 11.9. The standard InChI is InChI=1S/C15H29N3O/c1-4-9-16-12-15(19)18-10-7-14(8-11-18)13-17(5-2)6-3/h4,14,16H,1,5-13H2,2-3H3. The summed E-state index contributed by atoms with van der Waals surface area (Å²) in [6.45, 7) is 14.5. The smallest absolute Gasteiger partial charge is 0.236 e. The number of nitrogens with zero attached hydrogens (tertiary/aromatic N) is 2. The molecule has 1 N–H and O–H groups in total. The third-order valence-electron chi connectivity index (χ3n) is 3.94. The molecule has 1 aliphatic rings. The van der Waals surface area contributed by atoms with Gasteiger partial charge < -0.3 is 15.1 Å². The zero-order valence-corrected chi connectivity index (χ0v) is 12.5. The van der Waals surface area contributed by atoms with Crippen LogP contribution in [0, 0.1) is 5.92 Å². The van der Waals surface area contributed by atoms with Crippen LogP contribution < -0.4 is 5.32 Å². The SMILES string of the molecule is C=CCNCC(=O)N1CCC(CN(CC)CC)CC1. The van der Waals surface area contributed by atoms with E-state index in [1.165, 1.54) is 6.54 Å². The number of piperidine rings is 1. The Labute approximate surface area is 117 Å². The van der Waals surface area contributed by atoms with Crippen LogP contribution in [-0.2, 0) is 4.79 Å². The van der Waals surface area contributed by atoms with Crippen LogP contribution in [0.15, 0.2) is 12.7 Å². The molecule has 0 radical (unpaired) electrons. The summed E-state index contributed by atoms with van der Waals surface area (Å²) in [6.07, 6.45) is 4.07. The van der Waals surface area contributed by atoms with Crippen molar-refractivity contribution in [3.05, 3.63) is 12.7 Å². The van der Waals surface area contributed by atoms with Crippen LogP contribution in [0.1, 0.15) is 26.7 Å². The molecule has 0 aromatic carbocycles. The number of carbonyl (C=O) groups is 1. The second-order valence-electron chi connectivity index (χ2n) is 5.23. The zero-order valence-electron chi connectivity index (χ0n) is 12.5. The number of hydrogen-bond donors (Lipinski definition) is 1. The highest BCUT2D eigenvalue weighted by Crippen LogP contribution is 2.18. The monoisotopic (exact) mass is 267 g/mol. The fourth-order valence-electron chi connectivity index (χ4n) is 2.60. The second kappa shape index (κ2) is 9.10. The minimum absolute atomic E-state index is 0.225. The Morgan fingerprint density at radius 2 is 2.00 bits per heavy atom. The molecule has 0 unspecified atom stereocenters. The molecule has 0 aromatic rings. The van der Waals surface area contributed by atoms with Crippen LogP contribution in [0.25, 0.3) is 0 Å². The van der Waals surface area contributed by atoms with Gasteiger partial charge in [-0.1, -0.05) is 19.9 Å². The van der Waals surface area contributed by atoms with Crippen LogP contribution in [-0.4, -0.2) is 61.5 Å². The highest BCUT2D eigenvalue weighted by molar-refractivity contribution is 5.78. The van der Waals surface area contributed by atoms with Gasteiger partial charge in [0.05, 0.1) is 6.54 Å². The summed E-state index contributed by atoms with van der Waals surface area (Å²) in [7, 11) is 0. The van der Waals surface area contributed by atoms with Crippen molar-refractivity contribution in [1.29, 1.82) is 0 Å². The molecule has 1 saturated heterocycles. The highest BCUT2D eigenvalue weighted by atomic mass is 16.2. The van der Waals surface area contributed by atoms with Gasteiger partial charge in [-0.25, -0.2) is 0 Å². The predicted molar refractivity (Wildman–Crippen MR) is 80.2 cm³/mol. The van der Waals surface area contributed by atoms with E-state index in [2.05, 4.69) is 30.6 Å². The van der Waals surface area contributed by atoms with E-state index < -0.39 is 0 Å². The number of amides is 1. The summed E-state index contributed by atoms with van der Waals surface area (Å²) >= 11 is 0. The molecule has 0 aromatic heterocycles. The number of hydrogen-bond acceptors (Lipinski definition) is 3. The summed E-state index contributed by atoms with van der Waals surface area (Å²) in [5.41, 5.74) is 0. The lowest BCUT2D eigenvalue weighted by Gasteiger charge is -2.34. The first-order valence-electron chi connectivity index (χ1n) is 7.52. The molecule has 4 heteroatoms. The average Bonchev–Trinajstić information content (AvgIpc) is 2.45. The molecule has 1 amide bonds. The van der Waals surface area contributed by atoms with Crippen molar-refractivity contribution in [2.24, 2.45) is 5.92 Å². The van der Waals surface area contributed by atoms with Crippen molar-refractivity contribution < 1.29 is 4.79 Å². The lowest BCUT2D eigenvalue weighted by Crippen LogP contribution is -2.44. The topological polar surface area (TPSA) is 35.6 Å². The minimum atomic E-state index is 0.225. The fourth-order valence-corrected chi connectivity index (χ4v) is 2.60. The van der Waals surface area contributed by atoms with Crippen LogP contribution in [0.5, 0.6) is 0 Å². The maximum Gasteiger partial charge on any atom is 0.236 e. The van der Waals surface area contributed by atoms with Crippen molar-refractivity contribution in [2.75, 3.05) is 45.8 Å². The van der Waals surface area contributed by atoms with E-state index in [0.29, 0.717) is 13.1 Å². The van der Waals surface area contributed by atoms with Gasteiger partial charge in [0.25, 0.3) is 0 Å². The molecule has 0 atom stereocenters. The Kier molecular flexibility index (Phi) is 7.75. The molecule has 0 bridgehead atoms. The summed E-state index contributed by atoms with van der Waals surface area (Å²) in [5.74, 6) is 0.980. The normalized spacial score (nSPS) is 16.9. The van der Waals surface area contributed by atoms with Gasteiger partial charge in [0.2, 0.25) is 5.91 Å². The molecule has 0 saturated carbocycles. The van der Waals surface area contributed by atoms with E-state index in [1.54, 1.807) is 6.08 Å². The quantitative estimate of drug-likeness (QED) is 0.532. The summed E-state index contributed by atoms with van der Waals surface area (Å²) in [4.78, 5) is 16.4. The van der Waals surface area contributed by atoms with E-state index in [-0.39, 0.29) is 5.91 Å². The molecule has 1 fully saturated rings. The number of likely N-dealkylation sites (tertiary alicyclic amines) is 1. The fraction of sp³-hybridized carbons (Fsp3) is 0.800. The number of rotatable bonds is 8. The molecule has 110 valence electrons. The summed E-state index contributed by atoms with van der Waals surface area (Å²) < 4.78 is 0. The van der Waals surface area contributed by atoms with Crippen molar-refractivity contribution in [2.45, 2.75) is 26.7 Å². The summed E-state index contributed by atoms with van der Waals surface area (Å²) in [6, 6.07) is 0. The van der Waals surface area contributed by atoms with Crippen molar-refractivity contribution >= 4 is 5.91 Å². The van der Waals surface area contributed by atoms with Gasteiger partial charge in [-0.15, -0.1) is 6.58 Å². The Morgan fingerprint density at radius 3 is 2.53 bits per heavy atom. The third kappa shape index (κ3) is 5.74. The zero-order chi connectivity index (χ0) is 14.1. The van der Waals surface area contributed by atoms with E-state index in [4.69, 9.17) is 0 Å². The van der Waals surface area contributed by atoms with Gasteiger partial charge in [0.1, 0.15) is 0 Å². The van der Waals surface area contributed by atoms with Crippen molar-refractivity contribution in [3.8, 4) is 0 Å². The van der Waals surface area contributed by atoms with Gasteiger partial charge in [-0.3, -0.25) is 4.79 Å². The van der Waals surface area contributed by atoms with Crippen LogP contribution in [0.2, 0.25) is 0 Å². The first kappa shape index (κ1) is 16.2. The molecule has 1 rings (SSSR count).